The number of piperidine rings is 1. The maximum atomic E-state index is 11.8. The summed E-state index contributed by atoms with van der Waals surface area (Å²) >= 11 is 0. The number of anilines is 1. The van der Waals surface area contributed by atoms with Crippen LogP contribution in [0.4, 0.5) is 5.82 Å². The van der Waals surface area contributed by atoms with Gasteiger partial charge in [-0.2, -0.15) is 0 Å². The van der Waals surface area contributed by atoms with E-state index in [-0.39, 0.29) is 13.6 Å². The van der Waals surface area contributed by atoms with E-state index < -0.39 is 5.91 Å². The minimum Gasteiger partial charge on any atom is -0.365 e. The van der Waals surface area contributed by atoms with E-state index in [1.807, 2.05) is 45.0 Å². The molecular formula is C18H31N5O. The zero-order chi connectivity index (χ0) is 17.0. The van der Waals surface area contributed by atoms with Crippen LogP contribution in [0.1, 0.15) is 44.0 Å². The van der Waals surface area contributed by atoms with Gasteiger partial charge in [0.2, 0.25) is 0 Å². The van der Waals surface area contributed by atoms with E-state index in [4.69, 9.17) is 11.5 Å². The summed E-state index contributed by atoms with van der Waals surface area (Å²) in [6, 6.07) is 8.11. The predicted molar refractivity (Wildman–Crippen MR) is 103 cm³/mol. The molecule has 0 aliphatic carbocycles. The quantitative estimate of drug-likeness (QED) is 0.780. The molecule has 0 atom stereocenters. The molecule has 6 heteroatoms. The van der Waals surface area contributed by atoms with E-state index >= 15 is 0 Å². The van der Waals surface area contributed by atoms with Crippen molar-refractivity contribution in [3.8, 4) is 0 Å². The first-order chi connectivity index (χ1) is 11.0. The number of rotatable bonds is 2. The van der Waals surface area contributed by atoms with E-state index in [1.54, 1.807) is 0 Å². The lowest BCUT2D eigenvalue weighted by molar-refractivity contribution is 0.100. The van der Waals surface area contributed by atoms with Gasteiger partial charge in [-0.1, -0.05) is 25.5 Å². The Kier molecular flexibility index (Phi) is 7.13. The normalized spacial score (nSPS) is 14.6. The summed E-state index contributed by atoms with van der Waals surface area (Å²) in [6.45, 7) is 7.64. The molecule has 1 saturated heterocycles. The molecule has 1 aliphatic rings. The van der Waals surface area contributed by atoms with Gasteiger partial charge in [-0.15, -0.1) is 0 Å². The molecule has 7 N–H and O–H groups in total. The summed E-state index contributed by atoms with van der Waals surface area (Å²) in [4.78, 5) is 18.6. The summed E-state index contributed by atoms with van der Waals surface area (Å²) in [5.41, 5.74) is 14.0. The van der Waals surface area contributed by atoms with Crippen LogP contribution in [-0.2, 0) is 0 Å². The summed E-state index contributed by atoms with van der Waals surface area (Å²) in [5, 5.41) is 0.946. The van der Waals surface area contributed by atoms with Crippen LogP contribution in [0, 0.1) is 6.92 Å². The highest BCUT2D eigenvalue weighted by Crippen LogP contribution is 2.26. The van der Waals surface area contributed by atoms with Gasteiger partial charge in [-0.05, 0) is 38.0 Å². The number of hydrogen-bond acceptors (Lipinski definition) is 5. The number of aryl methyl sites for hydroxylation is 1. The minimum atomic E-state index is -0.434. The molecule has 2 aromatic rings. The van der Waals surface area contributed by atoms with Crippen molar-refractivity contribution in [1.82, 2.24) is 11.1 Å². The van der Waals surface area contributed by atoms with Crippen LogP contribution < -0.4 is 22.5 Å². The van der Waals surface area contributed by atoms with Crippen LogP contribution in [0.25, 0.3) is 10.9 Å². The molecule has 2 heterocycles. The molecule has 1 fully saturated rings. The van der Waals surface area contributed by atoms with Crippen LogP contribution in [0.5, 0.6) is 0 Å². The second-order valence-corrected chi connectivity index (χ2v) is 5.74. The van der Waals surface area contributed by atoms with Crippen molar-refractivity contribution in [2.45, 2.75) is 39.7 Å². The number of hydrogen-bond donors (Lipinski definition) is 3. The van der Waals surface area contributed by atoms with Crippen LogP contribution in [0.3, 0.4) is 0 Å². The molecule has 24 heavy (non-hydrogen) atoms. The highest BCUT2D eigenvalue weighted by atomic mass is 16.1. The number of fused-ring (bicyclic) bond motifs is 1. The Morgan fingerprint density at radius 2 is 1.88 bits per heavy atom. The highest BCUT2D eigenvalue weighted by Gasteiger charge is 2.22. The van der Waals surface area contributed by atoms with E-state index in [9.17, 15) is 4.79 Å². The first kappa shape index (κ1) is 19.9. The van der Waals surface area contributed by atoms with Crippen LogP contribution >= 0.6 is 0 Å². The van der Waals surface area contributed by atoms with E-state index in [0.717, 1.165) is 42.4 Å². The molecule has 134 valence electrons. The van der Waals surface area contributed by atoms with E-state index in [0.29, 0.717) is 11.4 Å². The summed E-state index contributed by atoms with van der Waals surface area (Å²) in [5.74, 6) is 0.251. The summed E-state index contributed by atoms with van der Waals surface area (Å²) in [7, 11) is 0. The molecule has 1 aliphatic heterocycles. The zero-order valence-electron chi connectivity index (χ0n) is 14.9. The monoisotopic (exact) mass is 333 g/mol. The molecule has 1 amide bonds. The SMILES string of the molecule is CC.Cc1ccc2nc(N3CCC(N)CC3)c(C(N)=O)cc2c1.N.[HH]. The fourth-order valence-corrected chi connectivity index (χ4v) is 2.82. The number of nitrogens with zero attached hydrogens (tertiary/aromatic N) is 2. The number of nitrogens with two attached hydrogens (primary N) is 2. The van der Waals surface area contributed by atoms with Gasteiger partial charge < -0.3 is 22.5 Å². The highest BCUT2D eigenvalue weighted by molar-refractivity contribution is 6.01. The number of aromatic nitrogens is 1. The van der Waals surface area contributed by atoms with Gasteiger partial charge in [0, 0.05) is 25.9 Å². The lowest BCUT2D eigenvalue weighted by atomic mass is 10.0. The minimum absolute atomic E-state index is 0. The van der Waals surface area contributed by atoms with Crippen molar-refractivity contribution in [3.05, 3.63) is 35.4 Å². The molecule has 0 bridgehead atoms. The molecule has 0 unspecified atom stereocenters. The third kappa shape index (κ3) is 4.21. The van der Waals surface area contributed by atoms with E-state index in [1.165, 1.54) is 0 Å². The van der Waals surface area contributed by atoms with Crippen molar-refractivity contribution in [2.75, 3.05) is 18.0 Å². The van der Waals surface area contributed by atoms with Crippen molar-refractivity contribution >= 4 is 22.6 Å². The third-order valence-electron chi connectivity index (χ3n) is 4.05. The number of carbonyl (C=O) groups is 1. The number of carbonyl (C=O) groups excluding carboxylic acids is 1. The first-order valence-electron chi connectivity index (χ1n) is 8.26. The van der Waals surface area contributed by atoms with Crippen molar-refractivity contribution in [3.63, 3.8) is 0 Å². The van der Waals surface area contributed by atoms with Gasteiger partial charge in [0.25, 0.3) is 5.91 Å². The van der Waals surface area contributed by atoms with Gasteiger partial charge in [-0.25, -0.2) is 4.98 Å². The third-order valence-corrected chi connectivity index (χ3v) is 4.05. The second kappa shape index (κ2) is 8.61. The number of amides is 1. The Hall–Kier alpha value is -2.18. The largest absolute Gasteiger partial charge is 0.365 e. The maximum absolute atomic E-state index is 11.8. The topological polar surface area (TPSA) is 120 Å². The average Bonchev–Trinajstić information content (AvgIpc) is 2.56. The lowest BCUT2D eigenvalue weighted by Gasteiger charge is -2.32. The van der Waals surface area contributed by atoms with Crippen LogP contribution in [0.15, 0.2) is 24.3 Å². The Morgan fingerprint density at radius 3 is 2.46 bits per heavy atom. The smallest absolute Gasteiger partial charge is 0.252 e. The number of pyridine rings is 1. The van der Waals surface area contributed by atoms with Crippen LogP contribution in [0.2, 0.25) is 0 Å². The van der Waals surface area contributed by atoms with Gasteiger partial charge in [0.05, 0.1) is 11.1 Å². The summed E-state index contributed by atoms with van der Waals surface area (Å²) in [6.07, 6.45) is 1.82. The maximum Gasteiger partial charge on any atom is 0.252 e. The van der Waals surface area contributed by atoms with Crippen molar-refractivity contribution in [1.29, 1.82) is 0 Å². The first-order valence-corrected chi connectivity index (χ1v) is 8.26. The second-order valence-electron chi connectivity index (χ2n) is 5.74. The Labute approximate surface area is 145 Å². The molecule has 0 saturated carbocycles. The van der Waals surface area contributed by atoms with E-state index in [2.05, 4.69) is 9.88 Å². The number of benzene rings is 1. The van der Waals surface area contributed by atoms with Gasteiger partial charge in [0.15, 0.2) is 0 Å². The molecule has 1 aromatic heterocycles. The van der Waals surface area contributed by atoms with Gasteiger partial charge >= 0.3 is 0 Å². The molecule has 0 spiro atoms. The Balaban J connectivity index is 0.00000139. The molecular weight excluding hydrogens is 302 g/mol. The molecule has 3 rings (SSSR count). The zero-order valence-corrected chi connectivity index (χ0v) is 14.9. The number of primary amides is 1. The fourth-order valence-electron chi connectivity index (χ4n) is 2.82. The Bertz CT molecular complexity index is 699. The van der Waals surface area contributed by atoms with Crippen molar-refractivity contribution in [2.24, 2.45) is 11.5 Å². The van der Waals surface area contributed by atoms with Crippen LogP contribution in [-0.4, -0.2) is 30.0 Å². The Morgan fingerprint density at radius 1 is 1.25 bits per heavy atom. The standard InChI is InChI=1S/C16H20N4O.C2H6.H3N.H2/c1-10-2-3-14-11(8-10)9-13(15(18)21)16(19-14)20-6-4-12(17)5-7-20;1-2;;/h2-3,8-9,12H,4-7,17H2,1H3,(H2,18,21);1-2H3;1H3;1H. The molecule has 1 aromatic carbocycles. The molecule has 6 nitrogen and oxygen atoms in total. The van der Waals surface area contributed by atoms with Crippen molar-refractivity contribution < 1.29 is 6.22 Å². The lowest BCUT2D eigenvalue weighted by Crippen LogP contribution is -2.41. The summed E-state index contributed by atoms with van der Waals surface area (Å²) < 4.78 is 0. The predicted octanol–water partition coefficient (Wildman–Crippen LogP) is 3.00. The fraction of sp³-hybridized carbons (Fsp3) is 0.444. The average molecular weight is 333 g/mol. The van der Waals surface area contributed by atoms with Gasteiger partial charge in [0.1, 0.15) is 5.82 Å². The molecule has 0 radical (unpaired) electrons. The van der Waals surface area contributed by atoms with Gasteiger partial charge in [-0.3, -0.25) is 4.79 Å².